The summed E-state index contributed by atoms with van der Waals surface area (Å²) < 4.78 is 9.10. The Labute approximate surface area is 462 Å². The number of ether oxygens (including phenoxy) is 1. The molecule has 0 N–H and O–H groups in total. The molecule has 0 unspecified atom stereocenters. The molecule has 0 radical (unpaired) electrons. The molecule has 0 saturated carbocycles. The molecule has 0 fully saturated rings. The fourth-order valence-electron chi connectivity index (χ4n) is 10.8. The first-order chi connectivity index (χ1) is 36.3. The predicted octanol–water partition coefficient (Wildman–Crippen LogP) is 18.3. The van der Waals surface area contributed by atoms with Crippen LogP contribution in [0.25, 0.3) is 49.9 Å². The van der Waals surface area contributed by atoms with Crippen molar-refractivity contribution in [3.63, 3.8) is 0 Å². The molecule has 378 valence electrons. The summed E-state index contributed by atoms with van der Waals surface area (Å²) in [4.78, 5) is 9.65. The Morgan fingerprint density at radius 1 is 0.461 bits per heavy atom. The molecular weight excluding hydrogens is 1110 g/mol. The summed E-state index contributed by atoms with van der Waals surface area (Å²) in [6, 6.07) is 85.3. The number of rotatable bonds is 11. The number of hydrogen-bond donors (Lipinski definition) is 0. The van der Waals surface area contributed by atoms with E-state index in [1.54, 1.807) is 0 Å². The molecule has 0 saturated heterocycles. The Morgan fingerprint density at radius 2 is 1.08 bits per heavy atom. The minimum absolute atomic E-state index is 0. The van der Waals surface area contributed by atoms with Gasteiger partial charge >= 0.3 is 0 Å². The SMILES string of the molecule is CC(C)(C)c1cc(-c2ccccc2)cc(N2[CH-]N(c3[c-]c(Oc4[c-]c5c(cc4)c4cc(C(C)(C)c6ccccc6)ccc4n5-c4cc(C(C)(C)c5ccccc5)ccn4)ccc3)c3cccc(-c4ccccc4)c32)c1.[Pt]. The molecule has 0 aliphatic carbocycles. The Bertz CT molecular complexity index is 3880. The minimum Gasteiger partial charge on any atom is -0.509 e. The molecular formula is C70H59N4OPt-3. The first-order valence-corrected chi connectivity index (χ1v) is 25.9. The molecule has 3 heterocycles. The second-order valence-corrected chi connectivity index (χ2v) is 21.8. The number of nitrogens with zero attached hydrogens (tertiary/aromatic N) is 4. The van der Waals surface area contributed by atoms with Crippen molar-refractivity contribution in [3.8, 4) is 39.6 Å². The van der Waals surface area contributed by atoms with Crippen LogP contribution in [-0.2, 0) is 37.3 Å². The van der Waals surface area contributed by atoms with Gasteiger partial charge < -0.3 is 19.1 Å². The molecule has 1 aliphatic rings. The van der Waals surface area contributed by atoms with Crippen molar-refractivity contribution in [2.45, 2.75) is 64.7 Å². The molecule has 76 heavy (non-hydrogen) atoms. The summed E-state index contributed by atoms with van der Waals surface area (Å²) >= 11 is 0. The van der Waals surface area contributed by atoms with Gasteiger partial charge in [0.1, 0.15) is 5.82 Å². The third kappa shape index (κ3) is 9.22. The average Bonchev–Trinajstić information content (AvgIpc) is 4.03. The zero-order valence-electron chi connectivity index (χ0n) is 44.0. The van der Waals surface area contributed by atoms with Gasteiger partial charge in [0.2, 0.25) is 0 Å². The summed E-state index contributed by atoms with van der Waals surface area (Å²) in [5, 5.41) is 2.20. The maximum Gasteiger partial charge on any atom is 0.135 e. The first kappa shape index (κ1) is 50.2. The van der Waals surface area contributed by atoms with Gasteiger partial charge in [-0.25, -0.2) is 4.98 Å². The second-order valence-electron chi connectivity index (χ2n) is 21.8. The third-order valence-corrected chi connectivity index (χ3v) is 15.3. The van der Waals surface area contributed by atoms with Gasteiger partial charge in [-0.2, -0.15) is 12.1 Å². The van der Waals surface area contributed by atoms with Gasteiger partial charge in [0.05, 0.1) is 0 Å². The van der Waals surface area contributed by atoms with Gasteiger partial charge in [0, 0.05) is 77.7 Å². The van der Waals surface area contributed by atoms with Gasteiger partial charge in [-0.3, -0.25) is 0 Å². The minimum atomic E-state index is -0.265. The van der Waals surface area contributed by atoms with Gasteiger partial charge in [-0.05, 0) is 91.7 Å². The van der Waals surface area contributed by atoms with Crippen LogP contribution in [0.3, 0.4) is 0 Å². The molecule has 6 heteroatoms. The largest absolute Gasteiger partial charge is 0.509 e. The van der Waals surface area contributed by atoms with Crippen LogP contribution in [0.4, 0.5) is 22.7 Å². The average molecular weight is 1170 g/mol. The van der Waals surface area contributed by atoms with Crippen molar-refractivity contribution < 1.29 is 25.8 Å². The van der Waals surface area contributed by atoms with E-state index in [0.717, 1.165) is 61.5 Å². The fourth-order valence-corrected chi connectivity index (χ4v) is 10.8. The Balaban J connectivity index is 0.00000616. The number of benzene rings is 9. The smallest absolute Gasteiger partial charge is 0.135 e. The molecule has 11 aromatic rings. The molecule has 0 spiro atoms. The van der Waals surface area contributed by atoms with E-state index < -0.39 is 0 Å². The van der Waals surface area contributed by atoms with Gasteiger partial charge in [0.25, 0.3) is 0 Å². The van der Waals surface area contributed by atoms with Crippen molar-refractivity contribution in [1.29, 1.82) is 0 Å². The zero-order valence-corrected chi connectivity index (χ0v) is 46.2. The van der Waals surface area contributed by atoms with Gasteiger partial charge in [-0.15, -0.1) is 48.1 Å². The molecule has 2 aromatic heterocycles. The van der Waals surface area contributed by atoms with E-state index in [4.69, 9.17) is 9.72 Å². The number of pyridine rings is 1. The number of anilines is 4. The van der Waals surface area contributed by atoms with Crippen molar-refractivity contribution in [1.82, 2.24) is 9.55 Å². The van der Waals surface area contributed by atoms with Crippen LogP contribution < -0.4 is 14.5 Å². The van der Waals surface area contributed by atoms with Crippen molar-refractivity contribution in [3.05, 3.63) is 271 Å². The van der Waals surface area contributed by atoms with Gasteiger partial charge in [-0.1, -0.05) is 206 Å². The molecule has 0 atom stereocenters. The maximum absolute atomic E-state index is 6.86. The monoisotopic (exact) mass is 1170 g/mol. The fraction of sp³-hybridized carbons (Fsp3) is 0.143. The summed E-state index contributed by atoms with van der Waals surface area (Å²) in [6.07, 6.45) is 1.93. The number of para-hydroxylation sites is 1. The number of fused-ring (bicyclic) bond motifs is 4. The van der Waals surface area contributed by atoms with E-state index in [1.807, 2.05) is 24.4 Å². The Hall–Kier alpha value is -7.98. The summed E-state index contributed by atoms with van der Waals surface area (Å²) in [5.41, 5.74) is 16.2. The summed E-state index contributed by atoms with van der Waals surface area (Å²) in [6.45, 7) is 18.2. The van der Waals surface area contributed by atoms with Crippen molar-refractivity contribution >= 4 is 44.6 Å². The molecule has 0 bridgehead atoms. The van der Waals surface area contributed by atoms with E-state index in [9.17, 15) is 0 Å². The Kier molecular flexibility index (Phi) is 13.2. The maximum atomic E-state index is 6.86. The molecule has 12 rings (SSSR count). The van der Waals surface area contributed by atoms with Crippen LogP contribution in [0.1, 0.15) is 76.3 Å². The normalized spacial score (nSPS) is 12.7. The van der Waals surface area contributed by atoms with Crippen LogP contribution >= 0.6 is 0 Å². The van der Waals surface area contributed by atoms with Gasteiger partial charge in [0.15, 0.2) is 0 Å². The van der Waals surface area contributed by atoms with Crippen molar-refractivity contribution in [2.24, 2.45) is 0 Å². The predicted molar refractivity (Wildman–Crippen MR) is 311 cm³/mol. The molecule has 1 aliphatic heterocycles. The van der Waals surface area contributed by atoms with E-state index in [0.29, 0.717) is 11.5 Å². The second kappa shape index (κ2) is 19.9. The third-order valence-electron chi connectivity index (χ3n) is 15.3. The number of aromatic nitrogens is 2. The van der Waals surface area contributed by atoms with Crippen LogP contribution in [0.5, 0.6) is 11.5 Å². The van der Waals surface area contributed by atoms with E-state index in [2.05, 4.69) is 282 Å². The summed E-state index contributed by atoms with van der Waals surface area (Å²) in [5.74, 6) is 1.98. The van der Waals surface area contributed by atoms with E-state index in [1.165, 1.54) is 38.9 Å². The quantitative estimate of drug-likeness (QED) is 0.121. The molecule has 9 aromatic carbocycles. The van der Waals surface area contributed by atoms with E-state index >= 15 is 0 Å². The zero-order chi connectivity index (χ0) is 51.5. The first-order valence-electron chi connectivity index (χ1n) is 25.9. The number of hydrogen-bond acceptors (Lipinski definition) is 4. The van der Waals surface area contributed by atoms with Crippen LogP contribution in [-0.4, -0.2) is 9.55 Å². The topological polar surface area (TPSA) is 33.5 Å². The summed E-state index contributed by atoms with van der Waals surface area (Å²) in [7, 11) is 0. The van der Waals surface area contributed by atoms with E-state index in [-0.39, 0.29) is 37.3 Å². The van der Waals surface area contributed by atoms with Crippen molar-refractivity contribution in [2.75, 3.05) is 9.80 Å². The standard InChI is InChI=1S/C70H59N4O.Pt/c1-68(2,3)55-40-50(48-22-12-8-13-23-48)41-57(42-55)73-47-72(64-33-21-32-60(67(64)73)49-24-14-9-15-25-49)56-30-20-31-58(45-56)75-59-35-36-61-62-43-53(69(4,5)51-26-16-10-17-27-51)34-37-63(62)74(65(61)46-59)66-44-54(38-39-71-66)70(6,7)52-28-18-11-19-29-52;/h8-44,47H,1-7H3;/q-3;. The van der Waals surface area contributed by atoms with Crippen LogP contribution in [0, 0.1) is 18.8 Å². The molecule has 0 amide bonds. The Morgan fingerprint density at radius 3 is 1.75 bits per heavy atom. The van der Waals surface area contributed by atoms with Crippen LogP contribution in [0.2, 0.25) is 0 Å². The van der Waals surface area contributed by atoms with Crippen LogP contribution in [0.15, 0.2) is 225 Å². The molecule has 5 nitrogen and oxygen atoms in total.